The van der Waals surface area contributed by atoms with Crippen LogP contribution < -0.4 is 15.2 Å². The van der Waals surface area contributed by atoms with Crippen molar-refractivity contribution in [2.45, 2.75) is 0 Å². The number of anilines is 1. The van der Waals surface area contributed by atoms with E-state index in [2.05, 4.69) is 15.9 Å². The Morgan fingerprint density at radius 3 is 2.15 bits per heavy atom. The van der Waals surface area contributed by atoms with Crippen molar-refractivity contribution in [3.63, 3.8) is 0 Å². The molecule has 20 heavy (non-hydrogen) atoms. The minimum Gasteiger partial charge on any atom is -0.497 e. The van der Waals surface area contributed by atoms with E-state index in [-0.39, 0.29) is 5.78 Å². The topological polar surface area (TPSA) is 61.5 Å². The van der Waals surface area contributed by atoms with E-state index >= 15 is 0 Å². The van der Waals surface area contributed by atoms with Gasteiger partial charge >= 0.3 is 0 Å². The number of nitrogen functional groups attached to an aromatic ring is 1. The molecule has 2 N–H and O–H groups in total. The Bertz CT molecular complexity index is 633. The second-order valence-electron chi connectivity index (χ2n) is 4.17. The van der Waals surface area contributed by atoms with Gasteiger partial charge in [0.05, 0.1) is 14.2 Å². The highest BCUT2D eigenvalue weighted by Gasteiger charge is 2.15. The van der Waals surface area contributed by atoms with Crippen LogP contribution in [-0.2, 0) is 0 Å². The fourth-order valence-corrected chi connectivity index (χ4v) is 2.39. The van der Waals surface area contributed by atoms with Gasteiger partial charge in [-0.25, -0.2) is 0 Å². The molecule has 0 aliphatic carbocycles. The predicted octanol–water partition coefficient (Wildman–Crippen LogP) is 3.28. The highest BCUT2D eigenvalue weighted by molar-refractivity contribution is 9.10. The maximum absolute atomic E-state index is 12.5. The number of methoxy groups -OCH3 is 2. The van der Waals surface area contributed by atoms with Crippen LogP contribution in [-0.4, -0.2) is 20.0 Å². The molecule has 5 heteroatoms. The number of rotatable bonds is 4. The lowest BCUT2D eigenvalue weighted by Gasteiger charge is -2.09. The summed E-state index contributed by atoms with van der Waals surface area (Å²) in [5.74, 6) is 1.01. The quantitative estimate of drug-likeness (QED) is 0.688. The fraction of sp³-hybridized carbons (Fsp3) is 0.133. The Balaban J connectivity index is 2.47. The first-order chi connectivity index (χ1) is 9.55. The molecule has 2 rings (SSSR count). The van der Waals surface area contributed by atoms with Crippen molar-refractivity contribution in [1.29, 1.82) is 0 Å². The first-order valence-electron chi connectivity index (χ1n) is 5.88. The summed E-state index contributed by atoms with van der Waals surface area (Å²) in [6.07, 6.45) is 0. The molecule has 0 aliphatic rings. The molecule has 0 aromatic heterocycles. The first-order valence-corrected chi connectivity index (χ1v) is 6.67. The van der Waals surface area contributed by atoms with Crippen molar-refractivity contribution < 1.29 is 14.3 Å². The van der Waals surface area contributed by atoms with Crippen molar-refractivity contribution in [3.05, 3.63) is 52.0 Å². The Kier molecular flexibility index (Phi) is 4.29. The summed E-state index contributed by atoms with van der Waals surface area (Å²) >= 11 is 3.35. The van der Waals surface area contributed by atoms with Gasteiger partial charge in [-0.15, -0.1) is 0 Å². The maximum Gasteiger partial charge on any atom is 0.194 e. The molecule has 0 fully saturated rings. The van der Waals surface area contributed by atoms with Crippen LogP contribution in [0.15, 0.2) is 40.9 Å². The van der Waals surface area contributed by atoms with Crippen molar-refractivity contribution in [3.8, 4) is 11.5 Å². The molecule has 2 aromatic carbocycles. The van der Waals surface area contributed by atoms with E-state index in [0.717, 1.165) is 0 Å². The lowest BCUT2D eigenvalue weighted by Crippen LogP contribution is -2.04. The molecule has 0 unspecified atom stereocenters. The minimum atomic E-state index is -0.130. The zero-order valence-electron chi connectivity index (χ0n) is 11.1. The van der Waals surface area contributed by atoms with E-state index in [1.54, 1.807) is 50.6 Å². The van der Waals surface area contributed by atoms with Gasteiger partial charge in [0.2, 0.25) is 0 Å². The maximum atomic E-state index is 12.5. The second-order valence-corrected chi connectivity index (χ2v) is 5.02. The number of ether oxygens (including phenoxy) is 2. The van der Waals surface area contributed by atoms with Crippen molar-refractivity contribution in [1.82, 2.24) is 0 Å². The first kappa shape index (κ1) is 14.4. The highest BCUT2D eigenvalue weighted by atomic mass is 79.9. The Labute approximate surface area is 125 Å². The van der Waals surface area contributed by atoms with E-state index in [1.165, 1.54) is 0 Å². The Morgan fingerprint density at radius 1 is 1.05 bits per heavy atom. The van der Waals surface area contributed by atoms with Gasteiger partial charge in [-0.3, -0.25) is 4.79 Å². The largest absolute Gasteiger partial charge is 0.497 e. The van der Waals surface area contributed by atoms with Gasteiger partial charge in [-0.1, -0.05) is 0 Å². The van der Waals surface area contributed by atoms with Gasteiger partial charge in [0, 0.05) is 27.4 Å². The molecule has 0 atom stereocenters. The molecule has 2 aromatic rings. The summed E-state index contributed by atoms with van der Waals surface area (Å²) in [5, 5.41) is 0. The van der Waals surface area contributed by atoms with Crippen molar-refractivity contribution in [2.24, 2.45) is 0 Å². The number of nitrogens with two attached hydrogens (primary N) is 1. The number of carbonyl (C=O) groups is 1. The number of halogens is 1. The summed E-state index contributed by atoms with van der Waals surface area (Å²) < 4.78 is 11.0. The van der Waals surface area contributed by atoms with Crippen LogP contribution in [0.1, 0.15) is 15.9 Å². The number of hydrogen-bond donors (Lipinski definition) is 1. The lowest BCUT2D eigenvalue weighted by molar-refractivity contribution is 0.103. The molecule has 0 radical (unpaired) electrons. The fourth-order valence-electron chi connectivity index (χ4n) is 1.81. The average Bonchev–Trinajstić information content (AvgIpc) is 2.46. The normalized spacial score (nSPS) is 10.2. The van der Waals surface area contributed by atoms with Gasteiger partial charge in [-0.05, 0) is 46.3 Å². The van der Waals surface area contributed by atoms with Crippen LogP contribution in [0, 0.1) is 0 Å². The smallest absolute Gasteiger partial charge is 0.194 e. The van der Waals surface area contributed by atoms with Gasteiger partial charge in [-0.2, -0.15) is 0 Å². The van der Waals surface area contributed by atoms with E-state index < -0.39 is 0 Å². The molecule has 104 valence electrons. The summed E-state index contributed by atoms with van der Waals surface area (Å²) in [4.78, 5) is 12.5. The van der Waals surface area contributed by atoms with Crippen molar-refractivity contribution in [2.75, 3.05) is 20.0 Å². The second kappa shape index (κ2) is 5.96. The minimum absolute atomic E-state index is 0.130. The molecule has 0 bridgehead atoms. The molecular formula is C15H14BrNO3. The SMILES string of the molecule is COc1cc(OC)cc(C(=O)c2ccc(N)cc2Br)c1. The number of carbonyl (C=O) groups excluding carboxylic acids is 1. The molecule has 0 heterocycles. The monoisotopic (exact) mass is 335 g/mol. The Morgan fingerprint density at radius 2 is 1.65 bits per heavy atom. The number of hydrogen-bond acceptors (Lipinski definition) is 4. The van der Waals surface area contributed by atoms with E-state index in [9.17, 15) is 4.79 Å². The molecular weight excluding hydrogens is 322 g/mol. The van der Waals surface area contributed by atoms with Crippen LogP contribution >= 0.6 is 15.9 Å². The molecule has 0 amide bonds. The standard InChI is InChI=1S/C15H14BrNO3/c1-19-11-5-9(6-12(8-11)20-2)15(18)13-4-3-10(17)7-14(13)16/h3-8H,17H2,1-2H3. The van der Waals surface area contributed by atoms with Gasteiger partial charge in [0.1, 0.15) is 11.5 Å². The molecule has 0 saturated heterocycles. The highest BCUT2D eigenvalue weighted by Crippen LogP contribution is 2.27. The third-order valence-corrected chi connectivity index (χ3v) is 3.51. The zero-order chi connectivity index (χ0) is 14.7. The zero-order valence-corrected chi connectivity index (χ0v) is 12.7. The summed E-state index contributed by atoms with van der Waals surface area (Å²) in [6, 6.07) is 10.1. The molecule has 0 spiro atoms. The summed E-state index contributed by atoms with van der Waals surface area (Å²) in [6.45, 7) is 0. The molecule has 0 saturated carbocycles. The predicted molar refractivity (Wildman–Crippen MR) is 81.5 cm³/mol. The lowest BCUT2D eigenvalue weighted by atomic mass is 10.0. The van der Waals surface area contributed by atoms with Crippen LogP contribution in [0.3, 0.4) is 0 Å². The van der Waals surface area contributed by atoms with Gasteiger partial charge in [0.15, 0.2) is 5.78 Å². The summed E-state index contributed by atoms with van der Waals surface area (Å²) in [7, 11) is 3.09. The van der Waals surface area contributed by atoms with Crippen LogP contribution in [0.2, 0.25) is 0 Å². The van der Waals surface area contributed by atoms with E-state index in [4.69, 9.17) is 15.2 Å². The molecule has 4 nitrogen and oxygen atoms in total. The van der Waals surface area contributed by atoms with Gasteiger partial charge < -0.3 is 15.2 Å². The van der Waals surface area contributed by atoms with Crippen LogP contribution in [0.5, 0.6) is 11.5 Å². The van der Waals surface area contributed by atoms with Crippen LogP contribution in [0.4, 0.5) is 5.69 Å². The number of benzene rings is 2. The third-order valence-electron chi connectivity index (χ3n) is 2.85. The summed E-state index contributed by atoms with van der Waals surface area (Å²) in [5.41, 5.74) is 7.30. The van der Waals surface area contributed by atoms with E-state index in [0.29, 0.717) is 32.8 Å². The average molecular weight is 336 g/mol. The van der Waals surface area contributed by atoms with Gasteiger partial charge in [0.25, 0.3) is 0 Å². The van der Waals surface area contributed by atoms with E-state index in [1.807, 2.05) is 0 Å². The van der Waals surface area contributed by atoms with Crippen molar-refractivity contribution >= 4 is 27.4 Å². The molecule has 0 aliphatic heterocycles. The number of ketones is 1. The van der Waals surface area contributed by atoms with Crippen LogP contribution in [0.25, 0.3) is 0 Å². The Hall–Kier alpha value is -2.01. The third kappa shape index (κ3) is 2.93.